The van der Waals surface area contributed by atoms with Gasteiger partial charge >= 0.3 is 0 Å². The fourth-order valence-corrected chi connectivity index (χ4v) is 9.30. The highest BCUT2D eigenvalue weighted by molar-refractivity contribution is 8.40. The van der Waals surface area contributed by atoms with E-state index in [4.69, 9.17) is 0 Å². The van der Waals surface area contributed by atoms with Crippen LogP contribution in [0.5, 0.6) is 0 Å². The second-order valence-corrected chi connectivity index (χ2v) is 12.3. The first-order chi connectivity index (χ1) is 15.8. The van der Waals surface area contributed by atoms with Crippen molar-refractivity contribution < 1.29 is 14.4 Å². The van der Waals surface area contributed by atoms with Gasteiger partial charge in [-0.15, -0.1) is 0 Å². The first-order valence-corrected chi connectivity index (χ1v) is 12.9. The summed E-state index contributed by atoms with van der Waals surface area (Å²) in [6, 6.07) is 18.4. The Morgan fingerprint density at radius 1 is 0.970 bits per heavy atom. The molecule has 170 valence electrons. The molecular weight excluding hydrogens is 454 g/mol. The number of para-hydroxylation sites is 2. The number of likely N-dealkylation sites (N-methyl/N-ethyl adjacent to an activating group) is 1. The highest BCUT2D eigenvalue weighted by Gasteiger charge is 2.77. The van der Waals surface area contributed by atoms with Crippen LogP contribution in [0.4, 0.5) is 16.2 Å². The largest absolute Gasteiger partial charge is 0.320 e. The molecule has 2 aromatic carbocycles. The van der Waals surface area contributed by atoms with Gasteiger partial charge in [0.2, 0.25) is 0 Å². The number of rotatable bonds is 3. The molecule has 5 aliphatic heterocycles. The van der Waals surface area contributed by atoms with Gasteiger partial charge in [0.25, 0.3) is 16.3 Å². The van der Waals surface area contributed by atoms with Crippen LogP contribution in [-0.2, 0) is 15.0 Å². The van der Waals surface area contributed by atoms with E-state index in [1.54, 1.807) is 18.9 Å². The number of piperazine rings is 1. The summed E-state index contributed by atoms with van der Waals surface area (Å²) in [6.07, 6.45) is 1.78. The molecule has 4 atom stereocenters. The predicted molar refractivity (Wildman–Crippen MR) is 131 cm³/mol. The zero-order chi connectivity index (χ0) is 23.2. The number of anilines is 2. The Bertz CT molecular complexity index is 1210. The van der Waals surface area contributed by atoms with Gasteiger partial charge in [-0.1, -0.05) is 49.7 Å². The lowest BCUT2D eigenvalue weighted by Crippen LogP contribution is -2.72. The molecule has 0 saturated carbocycles. The van der Waals surface area contributed by atoms with Crippen molar-refractivity contribution in [1.29, 1.82) is 0 Å². The molecule has 4 unspecified atom stereocenters. The van der Waals surface area contributed by atoms with Crippen LogP contribution in [0.3, 0.4) is 0 Å². The SMILES string of the molecule is CCCC12CC34SC(=O)SC(C)(C(=O)N3C1N(c1ccccc1)c1ccccc12)N(C)C4=O. The molecule has 8 heteroatoms. The summed E-state index contributed by atoms with van der Waals surface area (Å²) in [4.78, 5) is 44.3. The standard InChI is InChI=1S/C25H25N3O3S2/c1-4-14-24-15-25-21(30)26(3)23(2,32-22(31)33-25)20(29)28(25)19(24)27(16-10-6-5-7-11-16)18-13-9-8-12-17(18)24/h5-13,19H,4,14-15H2,1-3H3. The van der Waals surface area contributed by atoms with E-state index in [2.05, 4.69) is 24.0 Å². The van der Waals surface area contributed by atoms with E-state index in [1.165, 1.54) is 4.90 Å². The van der Waals surface area contributed by atoms with Crippen molar-refractivity contribution in [3.8, 4) is 0 Å². The minimum Gasteiger partial charge on any atom is -0.320 e. The molecule has 7 rings (SSSR count). The van der Waals surface area contributed by atoms with Crippen LogP contribution < -0.4 is 4.90 Å². The quantitative estimate of drug-likeness (QED) is 0.623. The lowest BCUT2D eigenvalue weighted by Gasteiger charge is -2.51. The van der Waals surface area contributed by atoms with Gasteiger partial charge in [-0.05, 0) is 60.6 Å². The number of nitrogens with zero attached hydrogens (tertiary/aromatic N) is 3. The summed E-state index contributed by atoms with van der Waals surface area (Å²) in [6.45, 7) is 3.85. The number of carbonyl (C=O) groups excluding carboxylic acids is 3. The van der Waals surface area contributed by atoms with Gasteiger partial charge in [0.05, 0.1) is 0 Å². The van der Waals surface area contributed by atoms with Crippen LogP contribution in [0.2, 0.25) is 0 Å². The summed E-state index contributed by atoms with van der Waals surface area (Å²) >= 11 is 2.01. The van der Waals surface area contributed by atoms with Gasteiger partial charge in [-0.2, -0.15) is 0 Å². The first kappa shape index (κ1) is 21.1. The monoisotopic (exact) mass is 479 g/mol. The molecule has 1 spiro atoms. The van der Waals surface area contributed by atoms with Gasteiger partial charge in [-0.25, -0.2) is 0 Å². The van der Waals surface area contributed by atoms with Crippen molar-refractivity contribution >= 4 is 51.2 Å². The second kappa shape index (κ2) is 6.79. The van der Waals surface area contributed by atoms with Gasteiger partial charge in [0, 0.05) is 30.3 Å². The normalized spacial score (nSPS) is 34.5. The van der Waals surface area contributed by atoms with Gasteiger partial charge < -0.3 is 9.80 Å². The topological polar surface area (TPSA) is 60.9 Å². The Morgan fingerprint density at radius 3 is 2.39 bits per heavy atom. The van der Waals surface area contributed by atoms with Gasteiger partial charge in [0.15, 0.2) is 9.74 Å². The Labute approximate surface area is 201 Å². The van der Waals surface area contributed by atoms with Crippen LogP contribution in [0.15, 0.2) is 54.6 Å². The average Bonchev–Trinajstić information content (AvgIpc) is 3.18. The summed E-state index contributed by atoms with van der Waals surface area (Å²) in [5.74, 6) is -0.312. The van der Waals surface area contributed by atoms with Crippen molar-refractivity contribution in [1.82, 2.24) is 9.80 Å². The predicted octanol–water partition coefficient (Wildman–Crippen LogP) is 4.92. The van der Waals surface area contributed by atoms with E-state index in [0.29, 0.717) is 6.42 Å². The van der Waals surface area contributed by atoms with Crippen molar-refractivity contribution in [2.75, 3.05) is 11.9 Å². The number of carbonyl (C=O) groups is 3. The third-order valence-electron chi connectivity index (χ3n) is 7.79. The van der Waals surface area contributed by atoms with Crippen LogP contribution in [0.25, 0.3) is 0 Å². The Morgan fingerprint density at radius 2 is 1.67 bits per heavy atom. The van der Waals surface area contributed by atoms with Crippen molar-refractivity contribution in [3.63, 3.8) is 0 Å². The van der Waals surface area contributed by atoms with Crippen LogP contribution >= 0.6 is 23.5 Å². The molecule has 0 aromatic heterocycles. The summed E-state index contributed by atoms with van der Waals surface area (Å²) < 4.78 is -0.169. The molecule has 0 radical (unpaired) electrons. The molecule has 4 fully saturated rings. The van der Waals surface area contributed by atoms with E-state index < -0.39 is 15.2 Å². The summed E-state index contributed by atoms with van der Waals surface area (Å²) in [5, 5.41) is 0. The average molecular weight is 480 g/mol. The molecule has 33 heavy (non-hydrogen) atoms. The molecule has 2 bridgehead atoms. The minimum absolute atomic E-state index is 0.150. The Kier molecular flexibility index (Phi) is 4.34. The molecule has 2 amide bonds. The van der Waals surface area contributed by atoms with Crippen LogP contribution in [-0.4, -0.2) is 49.0 Å². The van der Waals surface area contributed by atoms with Crippen molar-refractivity contribution in [2.45, 2.75) is 54.4 Å². The zero-order valence-electron chi connectivity index (χ0n) is 18.8. The molecule has 5 heterocycles. The van der Waals surface area contributed by atoms with E-state index in [-0.39, 0.29) is 22.4 Å². The fraction of sp³-hybridized carbons (Fsp3) is 0.400. The number of fused-ring (bicyclic) bond motifs is 6. The fourth-order valence-electron chi connectivity index (χ4n) is 6.39. The molecule has 6 nitrogen and oxygen atoms in total. The number of thioether (sulfide) groups is 2. The van der Waals surface area contributed by atoms with E-state index in [1.807, 2.05) is 42.5 Å². The minimum atomic E-state index is -1.25. The number of benzene rings is 2. The maximum absolute atomic E-state index is 14.2. The van der Waals surface area contributed by atoms with Crippen LogP contribution in [0, 0.1) is 0 Å². The lowest BCUT2D eigenvalue weighted by molar-refractivity contribution is -0.163. The van der Waals surface area contributed by atoms with E-state index in [0.717, 1.165) is 53.3 Å². The molecule has 5 aliphatic rings. The van der Waals surface area contributed by atoms with Gasteiger partial charge in [0.1, 0.15) is 6.17 Å². The third-order valence-corrected chi connectivity index (χ3v) is 10.3. The molecule has 0 N–H and O–H groups in total. The Balaban J connectivity index is 1.67. The van der Waals surface area contributed by atoms with E-state index in [9.17, 15) is 14.4 Å². The highest BCUT2D eigenvalue weighted by atomic mass is 32.2. The smallest absolute Gasteiger partial charge is 0.262 e. The third kappa shape index (κ3) is 2.41. The molecule has 4 saturated heterocycles. The number of hydrogen-bond acceptors (Lipinski definition) is 6. The molecule has 2 aromatic rings. The summed E-state index contributed by atoms with van der Waals surface area (Å²) in [7, 11) is 1.66. The Hall–Kier alpha value is -2.45. The number of amides is 2. The molecule has 0 aliphatic carbocycles. The van der Waals surface area contributed by atoms with Crippen molar-refractivity contribution in [3.05, 3.63) is 60.2 Å². The maximum Gasteiger partial charge on any atom is 0.262 e. The van der Waals surface area contributed by atoms with Crippen LogP contribution in [0.1, 0.15) is 38.7 Å². The summed E-state index contributed by atoms with van der Waals surface area (Å²) in [5.41, 5.74) is 2.75. The lowest BCUT2D eigenvalue weighted by atomic mass is 9.74. The van der Waals surface area contributed by atoms with Gasteiger partial charge in [-0.3, -0.25) is 19.3 Å². The first-order valence-electron chi connectivity index (χ1n) is 11.3. The number of hydrogen-bond donors (Lipinski definition) is 0. The van der Waals surface area contributed by atoms with Crippen molar-refractivity contribution in [2.24, 2.45) is 0 Å². The van der Waals surface area contributed by atoms with E-state index >= 15 is 0 Å². The maximum atomic E-state index is 14.2. The molecular formula is C25H25N3O3S2. The second-order valence-electron chi connectivity index (χ2n) is 9.44. The zero-order valence-corrected chi connectivity index (χ0v) is 20.4. The highest BCUT2D eigenvalue weighted by Crippen LogP contribution is 2.67.